The molecule has 0 amide bonds. The Morgan fingerprint density at radius 3 is 2.50 bits per heavy atom. The zero-order valence-electron chi connectivity index (χ0n) is 9.31. The van der Waals surface area contributed by atoms with Gasteiger partial charge in [0, 0.05) is 0 Å². The minimum absolute atomic E-state index is 0.307. The normalized spacial score (nSPS) is 14.2. The predicted octanol–water partition coefficient (Wildman–Crippen LogP) is 2.36. The Morgan fingerprint density at radius 1 is 1.44 bits per heavy atom. The molecule has 0 spiro atoms. The number of aryl methyl sites for hydroxylation is 1. The van der Waals surface area contributed by atoms with Crippen molar-refractivity contribution in [2.45, 2.75) is 24.8 Å². The zero-order chi connectivity index (χ0) is 12.1. The number of carbonyl (C=O) groups excluding carboxylic acids is 1. The lowest BCUT2D eigenvalue weighted by molar-refractivity contribution is -0.144. The van der Waals surface area contributed by atoms with Crippen molar-refractivity contribution in [1.82, 2.24) is 0 Å². The van der Waals surface area contributed by atoms with Crippen molar-refractivity contribution >= 4 is 21.9 Å². The summed E-state index contributed by atoms with van der Waals surface area (Å²) in [6.07, 6.45) is -0.889. The van der Waals surface area contributed by atoms with Crippen LogP contribution >= 0.6 is 15.9 Å². The maximum absolute atomic E-state index is 11.4. The monoisotopic (exact) mass is 286 g/mol. The molecule has 2 atom stereocenters. The molecule has 0 aliphatic carbocycles. The van der Waals surface area contributed by atoms with E-state index in [1.54, 1.807) is 19.1 Å². The van der Waals surface area contributed by atoms with Crippen LogP contribution in [0.3, 0.4) is 0 Å². The molecule has 88 valence electrons. The topological polar surface area (TPSA) is 46.5 Å². The standard InChI is InChI=1S/C12H15BrO3/c1-3-16-12(15)10(13)11(14)9-6-4-8(2)5-7-9/h4-7,10-11,14H,3H2,1-2H3/t10-,11-/m1/s1. The lowest BCUT2D eigenvalue weighted by Crippen LogP contribution is -2.24. The first-order valence-electron chi connectivity index (χ1n) is 5.11. The van der Waals surface area contributed by atoms with Crippen LogP contribution in [0.5, 0.6) is 0 Å². The highest BCUT2D eigenvalue weighted by Crippen LogP contribution is 2.23. The third-order valence-electron chi connectivity index (χ3n) is 2.21. The quantitative estimate of drug-likeness (QED) is 0.683. The van der Waals surface area contributed by atoms with Crippen molar-refractivity contribution in [3.8, 4) is 0 Å². The fraction of sp³-hybridized carbons (Fsp3) is 0.417. The number of rotatable bonds is 4. The van der Waals surface area contributed by atoms with E-state index in [0.29, 0.717) is 12.2 Å². The zero-order valence-corrected chi connectivity index (χ0v) is 10.9. The Morgan fingerprint density at radius 2 is 2.00 bits per heavy atom. The van der Waals surface area contributed by atoms with Gasteiger partial charge in [-0.15, -0.1) is 0 Å². The summed E-state index contributed by atoms with van der Waals surface area (Å²) in [7, 11) is 0. The molecule has 1 aromatic carbocycles. The van der Waals surface area contributed by atoms with Gasteiger partial charge in [-0.1, -0.05) is 45.8 Å². The Kier molecular flexibility index (Phi) is 4.96. The SMILES string of the molecule is CCOC(=O)[C@H](Br)[C@H](O)c1ccc(C)cc1. The fourth-order valence-electron chi connectivity index (χ4n) is 1.28. The molecule has 0 heterocycles. The fourth-order valence-corrected chi connectivity index (χ4v) is 1.72. The molecule has 0 aromatic heterocycles. The minimum atomic E-state index is -0.889. The highest BCUT2D eigenvalue weighted by molar-refractivity contribution is 9.10. The molecule has 0 fully saturated rings. The van der Waals surface area contributed by atoms with E-state index < -0.39 is 16.9 Å². The van der Waals surface area contributed by atoms with Gasteiger partial charge in [-0.3, -0.25) is 4.79 Å². The molecular weight excluding hydrogens is 272 g/mol. The molecular formula is C12H15BrO3. The van der Waals surface area contributed by atoms with Gasteiger partial charge < -0.3 is 9.84 Å². The Bertz CT molecular complexity index is 348. The first kappa shape index (κ1) is 13.2. The number of aliphatic hydroxyl groups is 1. The third kappa shape index (κ3) is 3.32. The molecule has 1 N–H and O–H groups in total. The second kappa shape index (κ2) is 6.01. The summed E-state index contributed by atoms with van der Waals surface area (Å²) in [5.74, 6) is -0.449. The van der Waals surface area contributed by atoms with Gasteiger partial charge in [-0.25, -0.2) is 0 Å². The highest BCUT2D eigenvalue weighted by atomic mass is 79.9. The van der Waals surface area contributed by atoms with Gasteiger partial charge in [0.25, 0.3) is 0 Å². The van der Waals surface area contributed by atoms with E-state index in [-0.39, 0.29) is 0 Å². The average molecular weight is 287 g/mol. The summed E-state index contributed by atoms with van der Waals surface area (Å²) in [5.41, 5.74) is 1.80. The van der Waals surface area contributed by atoms with Crippen molar-refractivity contribution < 1.29 is 14.6 Å². The van der Waals surface area contributed by atoms with E-state index >= 15 is 0 Å². The van der Waals surface area contributed by atoms with E-state index in [4.69, 9.17) is 4.74 Å². The van der Waals surface area contributed by atoms with Crippen molar-refractivity contribution in [3.05, 3.63) is 35.4 Å². The van der Waals surface area contributed by atoms with Gasteiger partial charge in [-0.05, 0) is 19.4 Å². The van der Waals surface area contributed by atoms with E-state index in [0.717, 1.165) is 5.56 Å². The Labute approximate surface area is 104 Å². The summed E-state index contributed by atoms with van der Waals surface area (Å²) in [6.45, 7) is 4.00. The first-order valence-corrected chi connectivity index (χ1v) is 6.03. The second-order valence-corrected chi connectivity index (χ2v) is 4.50. The maximum atomic E-state index is 11.4. The Hall–Kier alpha value is -0.870. The number of halogens is 1. The van der Waals surface area contributed by atoms with Crippen LogP contribution in [0.2, 0.25) is 0 Å². The maximum Gasteiger partial charge on any atom is 0.322 e. The molecule has 0 radical (unpaired) electrons. The smallest absolute Gasteiger partial charge is 0.322 e. The lowest BCUT2D eigenvalue weighted by atomic mass is 10.1. The molecule has 0 aliphatic rings. The predicted molar refractivity (Wildman–Crippen MR) is 65.5 cm³/mol. The van der Waals surface area contributed by atoms with Crippen LogP contribution in [0.4, 0.5) is 0 Å². The van der Waals surface area contributed by atoms with Crippen LogP contribution < -0.4 is 0 Å². The number of hydrogen-bond acceptors (Lipinski definition) is 3. The molecule has 1 rings (SSSR count). The van der Waals surface area contributed by atoms with E-state index in [9.17, 15) is 9.90 Å². The summed E-state index contributed by atoms with van der Waals surface area (Å²) in [5, 5.41) is 9.93. The summed E-state index contributed by atoms with van der Waals surface area (Å²) in [4.78, 5) is 10.7. The van der Waals surface area contributed by atoms with Crippen LogP contribution in [-0.4, -0.2) is 22.5 Å². The van der Waals surface area contributed by atoms with Crippen LogP contribution in [0.15, 0.2) is 24.3 Å². The first-order chi connectivity index (χ1) is 7.56. The number of benzene rings is 1. The number of alkyl halides is 1. The number of hydrogen-bond donors (Lipinski definition) is 1. The molecule has 0 bridgehead atoms. The Balaban J connectivity index is 2.73. The van der Waals surface area contributed by atoms with Crippen LogP contribution in [0.1, 0.15) is 24.2 Å². The largest absolute Gasteiger partial charge is 0.465 e. The number of aliphatic hydroxyl groups excluding tert-OH is 1. The second-order valence-electron chi connectivity index (χ2n) is 3.51. The van der Waals surface area contributed by atoms with Gasteiger partial charge >= 0.3 is 5.97 Å². The van der Waals surface area contributed by atoms with E-state index in [1.807, 2.05) is 19.1 Å². The van der Waals surface area contributed by atoms with Crippen molar-refractivity contribution in [3.63, 3.8) is 0 Å². The van der Waals surface area contributed by atoms with Gasteiger partial charge in [-0.2, -0.15) is 0 Å². The van der Waals surface area contributed by atoms with Gasteiger partial charge in [0.1, 0.15) is 10.9 Å². The molecule has 4 heteroatoms. The van der Waals surface area contributed by atoms with Crippen molar-refractivity contribution in [1.29, 1.82) is 0 Å². The van der Waals surface area contributed by atoms with Gasteiger partial charge in [0.15, 0.2) is 0 Å². The van der Waals surface area contributed by atoms with E-state index in [1.165, 1.54) is 0 Å². The van der Waals surface area contributed by atoms with Crippen LogP contribution in [-0.2, 0) is 9.53 Å². The molecule has 3 nitrogen and oxygen atoms in total. The summed E-state index contributed by atoms with van der Waals surface area (Å²) in [6, 6.07) is 7.38. The van der Waals surface area contributed by atoms with E-state index in [2.05, 4.69) is 15.9 Å². The van der Waals surface area contributed by atoms with Crippen molar-refractivity contribution in [2.75, 3.05) is 6.61 Å². The number of carbonyl (C=O) groups is 1. The highest BCUT2D eigenvalue weighted by Gasteiger charge is 2.26. The van der Waals surface area contributed by atoms with Crippen LogP contribution in [0, 0.1) is 6.92 Å². The van der Waals surface area contributed by atoms with Gasteiger partial charge in [0.2, 0.25) is 0 Å². The number of ether oxygens (including phenoxy) is 1. The molecule has 0 saturated carbocycles. The number of esters is 1. The molecule has 0 unspecified atom stereocenters. The summed E-state index contributed by atoms with van der Waals surface area (Å²) >= 11 is 3.14. The van der Waals surface area contributed by atoms with Crippen LogP contribution in [0.25, 0.3) is 0 Å². The minimum Gasteiger partial charge on any atom is -0.465 e. The van der Waals surface area contributed by atoms with Crippen molar-refractivity contribution in [2.24, 2.45) is 0 Å². The lowest BCUT2D eigenvalue weighted by Gasteiger charge is -2.16. The molecule has 0 aliphatic heterocycles. The summed E-state index contributed by atoms with van der Waals surface area (Å²) < 4.78 is 4.82. The molecule has 0 saturated heterocycles. The average Bonchev–Trinajstić information content (AvgIpc) is 2.28. The molecule has 16 heavy (non-hydrogen) atoms. The van der Waals surface area contributed by atoms with Gasteiger partial charge in [0.05, 0.1) is 6.61 Å². The molecule has 1 aromatic rings. The third-order valence-corrected chi connectivity index (χ3v) is 3.08.